The fraction of sp³-hybridized carbons (Fsp3) is 0.0625. The van der Waals surface area contributed by atoms with E-state index in [0.29, 0.717) is 5.82 Å². The minimum atomic E-state index is -0.785. The summed E-state index contributed by atoms with van der Waals surface area (Å²) in [6.45, 7) is 1.96. The zero-order chi connectivity index (χ0) is 18.8. The van der Waals surface area contributed by atoms with Crippen molar-refractivity contribution in [1.82, 2.24) is 14.9 Å². The van der Waals surface area contributed by atoms with Crippen LogP contribution >= 0.6 is 23.8 Å². The molecule has 1 heterocycles. The Bertz CT molecular complexity index is 1070. The monoisotopic (exact) mass is 388 g/mol. The number of nitro benzene ring substituents is 1. The second-order valence-corrected chi connectivity index (χ2v) is 6.20. The number of halogens is 1. The summed E-state index contributed by atoms with van der Waals surface area (Å²) in [6, 6.07) is 9.84. The molecule has 0 saturated heterocycles. The van der Waals surface area contributed by atoms with Crippen LogP contribution in [0.25, 0.3) is 11.4 Å². The van der Waals surface area contributed by atoms with E-state index in [-0.39, 0.29) is 15.4 Å². The van der Waals surface area contributed by atoms with Crippen molar-refractivity contribution in [3.63, 3.8) is 0 Å². The molecule has 0 spiro atoms. The van der Waals surface area contributed by atoms with Crippen molar-refractivity contribution in [2.75, 3.05) is 0 Å². The van der Waals surface area contributed by atoms with Gasteiger partial charge in [0, 0.05) is 16.7 Å². The van der Waals surface area contributed by atoms with Crippen LogP contribution in [0.15, 0.2) is 41.5 Å². The summed E-state index contributed by atoms with van der Waals surface area (Å²) in [5.74, 6) is -0.342. The van der Waals surface area contributed by atoms with Crippen molar-refractivity contribution >= 4 is 35.7 Å². The smallest absolute Gasteiger partial charge is 0.263 e. The summed E-state index contributed by atoms with van der Waals surface area (Å²) >= 11 is 11.0. The standard InChI is InChI=1S/C16H12ClN5O3S/c1-9-2-4-10(5-3-9)15-19-20-16(26)21(15)18-8-11-6-12(17)7-13(14(11)23)22(24)25/h2-8,23H,1H3,(H,20,26)/p-1/b18-8-. The molecular formula is C16H11ClN5O3S-. The van der Waals surface area contributed by atoms with Crippen molar-refractivity contribution in [2.45, 2.75) is 6.92 Å². The highest BCUT2D eigenvalue weighted by atomic mass is 35.5. The number of aryl methyl sites for hydroxylation is 1. The van der Waals surface area contributed by atoms with Crippen LogP contribution < -0.4 is 5.11 Å². The van der Waals surface area contributed by atoms with E-state index < -0.39 is 16.4 Å². The maximum Gasteiger partial charge on any atom is 0.263 e. The lowest BCUT2D eigenvalue weighted by Gasteiger charge is -2.10. The largest absolute Gasteiger partial charge is 0.867 e. The molecule has 0 aliphatic carbocycles. The van der Waals surface area contributed by atoms with Crippen LogP contribution in [-0.2, 0) is 0 Å². The highest BCUT2D eigenvalue weighted by Gasteiger charge is 2.12. The SMILES string of the molecule is Cc1ccc(-c2n[nH]c(=S)n2/N=C\c2cc(Cl)cc([N+](=O)[O-])c2[O-])cc1. The number of aromatic amines is 1. The van der Waals surface area contributed by atoms with Crippen LogP contribution in [0.4, 0.5) is 5.69 Å². The molecule has 0 fully saturated rings. The molecule has 1 aromatic heterocycles. The van der Waals surface area contributed by atoms with Gasteiger partial charge in [0.1, 0.15) is 0 Å². The Hall–Kier alpha value is -3.04. The zero-order valence-corrected chi connectivity index (χ0v) is 14.9. The average Bonchev–Trinajstić information content (AvgIpc) is 2.96. The molecule has 8 nitrogen and oxygen atoms in total. The number of nitrogens with zero attached hydrogens (tertiary/aromatic N) is 4. The van der Waals surface area contributed by atoms with Gasteiger partial charge in [-0.1, -0.05) is 41.4 Å². The predicted molar refractivity (Wildman–Crippen MR) is 98.1 cm³/mol. The van der Waals surface area contributed by atoms with Gasteiger partial charge >= 0.3 is 0 Å². The molecule has 10 heteroatoms. The maximum absolute atomic E-state index is 12.1. The van der Waals surface area contributed by atoms with Gasteiger partial charge in [-0.25, -0.2) is 5.10 Å². The highest BCUT2D eigenvalue weighted by molar-refractivity contribution is 7.71. The van der Waals surface area contributed by atoms with Crippen molar-refractivity contribution in [3.05, 3.63) is 67.4 Å². The Labute approximate surface area is 157 Å². The highest BCUT2D eigenvalue weighted by Crippen LogP contribution is 2.30. The fourth-order valence-electron chi connectivity index (χ4n) is 2.24. The van der Waals surface area contributed by atoms with Gasteiger partial charge in [-0.05, 0) is 36.5 Å². The van der Waals surface area contributed by atoms with Crippen molar-refractivity contribution in [3.8, 4) is 17.1 Å². The van der Waals surface area contributed by atoms with Crippen LogP contribution in [0.1, 0.15) is 11.1 Å². The molecule has 0 aliphatic rings. The van der Waals surface area contributed by atoms with E-state index in [0.717, 1.165) is 17.2 Å². The summed E-state index contributed by atoms with van der Waals surface area (Å²) in [5, 5.41) is 34.1. The van der Waals surface area contributed by atoms with Gasteiger partial charge in [0.05, 0.1) is 11.1 Å². The molecule has 3 rings (SSSR count). The van der Waals surface area contributed by atoms with E-state index in [1.807, 2.05) is 31.2 Å². The lowest BCUT2D eigenvalue weighted by atomic mass is 10.1. The molecule has 0 bridgehead atoms. The second kappa shape index (κ2) is 7.06. The number of hydrogen-bond donors (Lipinski definition) is 1. The average molecular weight is 389 g/mol. The number of hydrogen-bond acceptors (Lipinski definition) is 6. The van der Waals surface area contributed by atoms with Crippen LogP contribution in [0.2, 0.25) is 5.02 Å². The number of nitro groups is 1. The number of nitrogens with one attached hydrogen (secondary N) is 1. The molecule has 1 N–H and O–H groups in total. The first-order chi connectivity index (χ1) is 12.4. The van der Waals surface area contributed by atoms with Gasteiger partial charge in [-0.2, -0.15) is 14.9 Å². The third kappa shape index (κ3) is 3.48. The Morgan fingerprint density at radius 3 is 2.69 bits per heavy atom. The third-order valence-corrected chi connectivity index (χ3v) is 4.01. The van der Waals surface area contributed by atoms with Crippen LogP contribution in [0, 0.1) is 21.8 Å². The normalized spacial score (nSPS) is 11.2. The van der Waals surface area contributed by atoms with Crippen LogP contribution in [0.5, 0.6) is 5.75 Å². The molecule has 2 aromatic carbocycles. The molecule has 26 heavy (non-hydrogen) atoms. The molecular weight excluding hydrogens is 378 g/mol. The van der Waals surface area contributed by atoms with Crippen LogP contribution in [0.3, 0.4) is 0 Å². The van der Waals surface area contributed by atoms with Crippen molar-refractivity contribution in [2.24, 2.45) is 5.10 Å². The summed E-state index contributed by atoms with van der Waals surface area (Å²) < 4.78 is 1.53. The second-order valence-electron chi connectivity index (χ2n) is 5.38. The van der Waals surface area contributed by atoms with Crippen molar-refractivity contribution < 1.29 is 10.0 Å². The van der Waals surface area contributed by atoms with E-state index in [1.165, 1.54) is 17.0 Å². The molecule has 0 aliphatic heterocycles. The molecule has 132 valence electrons. The number of rotatable bonds is 4. The lowest BCUT2D eigenvalue weighted by Crippen LogP contribution is -2.03. The van der Waals surface area contributed by atoms with Gasteiger partial charge in [-0.15, -0.1) is 0 Å². The third-order valence-electron chi connectivity index (χ3n) is 3.53. The van der Waals surface area contributed by atoms with E-state index in [2.05, 4.69) is 15.3 Å². The molecule has 0 unspecified atom stereocenters. The molecule has 0 amide bonds. The fourth-order valence-corrected chi connectivity index (χ4v) is 2.64. The Morgan fingerprint density at radius 1 is 1.35 bits per heavy atom. The van der Waals surface area contributed by atoms with Gasteiger partial charge < -0.3 is 5.11 Å². The molecule has 0 atom stereocenters. The maximum atomic E-state index is 12.1. The minimum absolute atomic E-state index is 0.0258. The molecule has 3 aromatic rings. The first kappa shape index (κ1) is 17.8. The minimum Gasteiger partial charge on any atom is -0.867 e. The number of benzene rings is 2. The summed E-state index contributed by atoms with van der Waals surface area (Å²) in [4.78, 5) is 10.2. The van der Waals surface area contributed by atoms with E-state index in [9.17, 15) is 15.2 Å². The summed E-state index contributed by atoms with van der Waals surface area (Å²) in [5.41, 5.74) is 1.20. The van der Waals surface area contributed by atoms with Gasteiger partial charge in [0.25, 0.3) is 5.69 Å². The van der Waals surface area contributed by atoms with Gasteiger partial charge in [0.2, 0.25) is 4.77 Å². The topological polar surface area (TPSA) is 112 Å². The van der Waals surface area contributed by atoms with E-state index >= 15 is 0 Å². The first-order valence-corrected chi connectivity index (χ1v) is 8.09. The lowest BCUT2D eigenvalue weighted by molar-refractivity contribution is -0.398. The first-order valence-electron chi connectivity index (χ1n) is 7.30. The summed E-state index contributed by atoms with van der Waals surface area (Å²) in [6.07, 6.45) is 1.17. The summed E-state index contributed by atoms with van der Waals surface area (Å²) in [7, 11) is 0. The predicted octanol–water partition coefficient (Wildman–Crippen LogP) is 3.43. The molecule has 0 radical (unpaired) electrons. The quantitative estimate of drug-likeness (QED) is 0.318. The number of aromatic nitrogens is 3. The van der Waals surface area contributed by atoms with Crippen molar-refractivity contribution in [1.29, 1.82) is 0 Å². The Kier molecular flexibility index (Phi) is 4.83. The van der Waals surface area contributed by atoms with Gasteiger partial charge in [0.15, 0.2) is 5.82 Å². The Morgan fingerprint density at radius 2 is 2.04 bits per heavy atom. The zero-order valence-electron chi connectivity index (χ0n) is 13.3. The Balaban J connectivity index is 2.05. The number of H-pyrrole nitrogens is 1. The molecule has 0 saturated carbocycles. The van der Waals surface area contributed by atoms with Gasteiger partial charge in [-0.3, -0.25) is 10.1 Å². The van der Waals surface area contributed by atoms with E-state index in [1.54, 1.807) is 0 Å². The van der Waals surface area contributed by atoms with Crippen LogP contribution in [-0.4, -0.2) is 26.0 Å². The van der Waals surface area contributed by atoms with E-state index in [4.69, 9.17) is 23.8 Å².